The standard InChI is InChI=1S/C15H14Cl2N2O/c1-19(9-10-5-2-3-7-12(10)16)15(20)11-6-4-8-13(17)14(11)18/h2-8H,9,18H2,1H3. The van der Waals surface area contributed by atoms with E-state index >= 15 is 0 Å². The second-order valence-electron chi connectivity index (χ2n) is 4.45. The van der Waals surface area contributed by atoms with Crippen LogP contribution in [-0.2, 0) is 6.54 Å². The molecule has 2 N–H and O–H groups in total. The Balaban J connectivity index is 2.21. The summed E-state index contributed by atoms with van der Waals surface area (Å²) in [4.78, 5) is 13.9. The van der Waals surface area contributed by atoms with Crippen molar-refractivity contribution in [2.75, 3.05) is 12.8 Å². The van der Waals surface area contributed by atoms with Gasteiger partial charge in [0, 0.05) is 18.6 Å². The summed E-state index contributed by atoms with van der Waals surface area (Å²) in [6, 6.07) is 12.4. The van der Waals surface area contributed by atoms with Crippen molar-refractivity contribution in [2.45, 2.75) is 6.54 Å². The predicted molar refractivity (Wildman–Crippen MR) is 83.1 cm³/mol. The summed E-state index contributed by atoms with van der Waals surface area (Å²) < 4.78 is 0. The van der Waals surface area contributed by atoms with Crippen LogP contribution in [0, 0.1) is 0 Å². The fraction of sp³-hybridized carbons (Fsp3) is 0.133. The zero-order chi connectivity index (χ0) is 14.7. The van der Waals surface area contributed by atoms with E-state index < -0.39 is 0 Å². The van der Waals surface area contributed by atoms with E-state index in [2.05, 4.69) is 0 Å². The number of rotatable bonds is 3. The number of para-hydroxylation sites is 1. The van der Waals surface area contributed by atoms with Crippen molar-refractivity contribution in [1.29, 1.82) is 0 Å². The Morgan fingerprint density at radius 3 is 2.45 bits per heavy atom. The molecule has 2 rings (SSSR count). The molecule has 0 saturated carbocycles. The van der Waals surface area contributed by atoms with Crippen LogP contribution in [-0.4, -0.2) is 17.9 Å². The Bertz CT molecular complexity index is 644. The average molecular weight is 309 g/mol. The number of carbonyl (C=O) groups excluding carboxylic acids is 1. The Kier molecular flexibility index (Phi) is 4.53. The minimum absolute atomic E-state index is 0.190. The Morgan fingerprint density at radius 1 is 1.10 bits per heavy atom. The zero-order valence-corrected chi connectivity index (χ0v) is 12.4. The third kappa shape index (κ3) is 3.06. The number of hydrogen-bond donors (Lipinski definition) is 1. The third-order valence-electron chi connectivity index (χ3n) is 3.00. The van der Waals surface area contributed by atoms with Crippen LogP contribution >= 0.6 is 23.2 Å². The fourth-order valence-electron chi connectivity index (χ4n) is 1.88. The van der Waals surface area contributed by atoms with Crippen molar-refractivity contribution < 1.29 is 4.79 Å². The van der Waals surface area contributed by atoms with Crippen molar-refractivity contribution in [1.82, 2.24) is 4.90 Å². The summed E-state index contributed by atoms with van der Waals surface area (Å²) in [5.41, 5.74) is 7.41. The van der Waals surface area contributed by atoms with E-state index in [-0.39, 0.29) is 5.91 Å². The number of benzene rings is 2. The van der Waals surface area contributed by atoms with E-state index in [0.29, 0.717) is 27.8 Å². The van der Waals surface area contributed by atoms with E-state index in [1.54, 1.807) is 36.2 Å². The molecule has 0 unspecified atom stereocenters. The lowest BCUT2D eigenvalue weighted by Crippen LogP contribution is -2.27. The highest BCUT2D eigenvalue weighted by Crippen LogP contribution is 2.24. The van der Waals surface area contributed by atoms with Crippen LogP contribution in [0.1, 0.15) is 15.9 Å². The normalized spacial score (nSPS) is 10.3. The van der Waals surface area contributed by atoms with Crippen LogP contribution in [0.2, 0.25) is 10.0 Å². The lowest BCUT2D eigenvalue weighted by atomic mass is 10.1. The molecule has 2 aromatic rings. The van der Waals surface area contributed by atoms with Gasteiger partial charge in [-0.1, -0.05) is 47.5 Å². The van der Waals surface area contributed by atoms with Crippen LogP contribution in [0.5, 0.6) is 0 Å². The number of hydrogen-bond acceptors (Lipinski definition) is 2. The number of halogens is 2. The maximum atomic E-state index is 12.4. The van der Waals surface area contributed by atoms with Crippen LogP contribution in [0.15, 0.2) is 42.5 Å². The molecule has 0 aromatic heterocycles. The molecule has 0 saturated heterocycles. The molecular weight excluding hydrogens is 295 g/mol. The number of carbonyl (C=O) groups is 1. The van der Waals surface area contributed by atoms with Gasteiger partial charge in [-0.05, 0) is 23.8 Å². The maximum Gasteiger partial charge on any atom is 0.256 e. The zero-order valence-electron chi connectivity index (χ0n) is 10.9. The molecule has 104 valence electrons. The van der Waals surface area contributed by atoms with E-state index in [1.807, 2.05) is 18.2 Å². The summed E-state index contributed by atoms with van der Waals surface area (Å²) >= 11 is 12.0. The number of nitrogen functional groups attached to an aromatic ring is 1. The van der Waals surface area contributed by atoms with Crippen molar-refractivity contribution in [2.24, 2.45) is 0 Å². The van der Waals surface area contributed by atoms with Crippen molar-refractivity contribution >= 4 is 34.8 Å². The smallest absolute Gasteiger partial charge is 0.256 e. The first kappa shape index (κ1) is 14.7. The minimum atomic E-state index is -0.190. The molecular formula is C15H14Cl2N2O. The molecule has 0 aliphatic carbocycles. The highest BCUT2D eigenvalue weighted by atomic mass is 35.5. The van der Waals surface area contributed by atoms with Gasteiger partial charge in [0.15, 0.2) is 0 Å². The first-order valence-corrected chi connectivity index (χ1v) is 6.79. The molecule has 0 aliphatic rings. The molecule has 0 spiro atoms. The van der Waals surface area contributed by atoms with Crippen molar-refractivity contribution in [3.63, 3.8) is 0 Å². The summed E-state index contributed by atoms with van der Waals surface area (Å²) in [6.07, 6.45) is 0. The fourth-order valence-corrected chi connectivity index (χ4v) is 2.25. The molecule has 0 radical (unpaired) electrons. The molecule has 0 bridgehead atoms. The van der Waals surface area contributed by atoms with Gasteiger partial charge in [-0.15, -0.1) is 0 Å². The first-order chi connectivity index (χ1) is 9.50. The van der Waals surface area contributed by atoms with Gasteiger partial charge < -0.3 is 10.6 Å². The van der Waals surface area contributed by atoms with Gasteiger partial charge >= 0.3 is 0 Å². The largest absolute Gasteiger partial charge is 0.397 e. The van der Waals surface area contributed by atoms with Crippen LogP contribution in [0.25, 0.3) is 0 Å². The lowest BCUT2D eigenvalue weighted by Gasteiger charge is -2.19. The first-order valence-electron chi connectivity index (χ1n) is 6.03. The Morgan fingerprint density at radius 2 is 1.75 bits per heavy atom. The quantitative estimate of drug-likeness (QED) is 0.875. The van der Waals surface area contributed by atoms with Gasteiger partial charge in [0.25, 0.3) is 5.91 Å². The molecule has 1 amide bonds. The second kappa shape index (κ2) is 6.16. The predicted octanol–water partition coefficient (Wildman–Crippen LogP) is 3.85. The Hall–Kier alpha value is -1.71. The van der Waals surface area contributed by atoms with Crippen LogP contribution < -0.4 is 5.73 Å². The molecule has 20 heavy (non-hydrogen) atoms. The molecule has 0 heterocycles. The average Bonchev–Trinajstić information content (AvgIpc) is 2.43. The van der Waals surface area contributed by atoms with Crippen molar-refractivity contribution in [3.8, 4) is 0 Å². The second-order valence-corrected chi connectivity index (χ2v) is 5.27. The minimum Gasteiger partial charge on any atom is -0.397 e. The van der Waals surface area contributed by atoms with E-state index in [0.717, 1.165) is 5.56 Å². The maximum absolute atomic E-state index is 12.4. The summed E-state index contributed by atoms with van der Waals surface area (Å²) in [5.74, 6) is -0.190. The molecule has 2 aromatic carbocycles. The van der Waals surface area contributed by atoms with E-state index in [9.17, 15) is 4.79 Å². The SMILES string of the molecule is CN(Cc1ccccc1Cl)C(=O)c1cccc(Cl)c1N. The van der Waals surface area contributed by atoms with E-state index in [4.69, 9.17) is 28.9 Å². The van der Waals surface area contributed by atoms with E-state index in [1.165, 1.54) is 0 Å². The van der Waals surface area contributed by atoms with Gasteiger partial charge in [-0.3, -0.25) is 4.79 Å². The highest BCUT2D eigenvalue weighted by Gasteiger charge is 2.16. The van der Waals surface area contributed by atoms with Gasteiger partial charge in [0.05, 0.1) is 16.3 Å². The number of nitrogens with zero attached hydrogens (tertiary/aromatic N) is 1. The highest BCUT2D eigenvalue weighted by molar-refractivity contribution is 6.34. The third-order valence-corrected chi connectivity index (χ3v) is 3.69. The molecule has 0 fully saturated rings. The van der Waals surface area contributed by atoms with Gasteiger partial charge in [-0.25, -0.2) is 0 Å². The number of nitrogens with two attached hydrogens (primary N) is 1. The monoisotopic (exact) mass is 308 g/mol. The van der Waals surface area contributed by atoms with Gasteiger partial charge in [0.1, 0.15) is 0 Å². The summed E-state index contributed by atoms with van der Waals surface area (Å²) in [6.45, 7) is 0.407. The number of amides is 1. The van der Waals surface area contributed by atoms with Crippen LogP contribution in [0.4, 0.5) is 5.69 Å². The summed E-state index contributed by atoms with van der Waals surface area (Å²) in [5, 5.41) is 1.01. The summed E-state index contributed by atoms with van der Waals surface area (Å²) in [7, 11) is 1.70. The molecule has 0 atom stereocenters. The molecule has 3 nitrogen and oxygen atoms in total. The van der Waals surface area contributed by atoms with Crippen molar-refractivity contribution in [3.05, 3.63) is 63.6 Å². The lowest BCUT2D eigenvalue weighted by molar-refractivity contribution is 0.0786. The molecule has 5 heteroatoms. The van der Waals surface area contributed by atoms with Gasteiger partial charge in [0.2, 0.25) is 0 Å². The topological polar surface area (TPSA) is 46.3 Å². The Labute approximate surface area is 127 Å². The molecule has 0 aliphatic heterocycles. The van der Waals surface area contributed by atoms with Gasteiger partial charge in [-0.2, -0.15) is 0 Å². The number of anilines is 1. The van der Waals surface area contributed by atoms with Crippen LogP contribution in [0.3, 0.4) is 0 Å².